The van der Waals surface area contributed by atoms with Crippen LogP contribution in [0.5, 0.6) is 5.75 Å². The molecule has 0 bridgehead atoms. The molecular formula is C16H23NOS. The van der Waals surface area contributed by atoms with Crippen LogP contribution in [0.2, 0.25) is 0 Å². The van der Waals surface area contributed by atoms with Crippen molar-refractivity contribution in [1.29, 1.82) is 0 Å². The van der Waals surface area contributed by atoms with Gasteiger partial charge >= 0.3 is 0 Å². The van der Waals surface area contributed by atoms with Crippen LogP contribution in [-0.2, 0) is 6.42 Å². The van der Waals surface area contributed by atoms with E-state index in [0.29, 0.717) is 16.5 Å². The van der Waals surface area contributed by atoms with Crippen LogP contribution in [0, 0.1) is 0 Å². The first-order valence-corrected chi connectivity index (χ1v) is 8.55. The van der Waals surface area contributed by atoms with Gasteiger partial charge in [-0.1, -0.05) is 18.9 Å². The summed E-state index contributed by atoms with van der Waals surface area (Å²) >= 11 is 2.04. The van der Waals surface area contributed by atoms with Crippen molar-refractivity contribution in [3.63, 3.8) is 0 Å². The average Bonchev–Trinajstić information content (AvgIpc) is 3.03. The largest absolute Gasteiger partial charge is 0.508 e. The van der Waals surface area contributed by atoms with Gasteiger partial charge in [0, 0.05) is 17.3 Å². The predicted molar refractivity (Wildman–Crippen MR) is 81.9 cm³/mol. The van der Waals surface area contributed by atoms with Crippen LogP contribution >= 0.6 is 11.8 Å². The quantitative estimate of drug-likeness (QED) is 0.881. The van der Waals surface area contributed by atoms with E-state index in [1.807, 2.05) is 23.9 Å². The highest BCUT2D eigenvalue weighted by Gasteiger charge is 2.34. The molecule has 0 radical (unpaired) electrons. The molecule has 1 aromatic carbocycles. The maximum Gasteiger partial charge on any atom is 0.115 e. The Bertz CT molecular complexity index is 454. The van der Waals surface area contributed by atoms with Gasteiger partial charge in [-0.2, -0.15) is 11.8 Å². The number of fused-ring (bicyclic) bond motifs is 1. The molecule has 2 aliphatic carbocycles. The maximum atomic E-state index is 9.54. The highest BCUT2D eigenvalue weighted by molar-refractivity contribution is 8.00. The Morgan fingerprint density at radius 2 is 2.16 bits per heavy atom. The van der Waals surface area contributed by atoms with E-state index < -0.39 is 0 Å². The van der Waals surface area contributed by atoms with E-state index in [0.717, 1.165) is 13.0 Å². The smallest absolute Gasteiger partial charge is 0.115 e. The van der Waals surface area contributed by atoms with Gasteiger partial charge in [-0.05, 0) is 55.2 Å². The van der Waals surface area contributed by atoms with E-state index in [1.165, 1.54) is 43.2 Å². The number of aromatic hydroxyl groups is 1. The van der Waals surface area contributed by atoms with E-state index >= 15 is 0 Å². The third-order valence-corrected chi connectivity index (χ3v) is 6.24. The molecule has 1 aromatic rings. The van der Waals surface area contributed by atoms with E-state index in [9.17, 15) is 5.11 Å². The summed E-state index contributed by atoms with van der Waals surface area (Å²) < 4.78 is 0.472. The Morgan fingerprint density at radius 1 is 1.37 bits per heavy atom. The van der Waals surface area contributed by atoms with Gasteiger partial charge in [0.05, 0.1) is 0 Å². The number of phenols is 1. The molecule has 0 heterocycles. The first-order chi connectivity index (χ1) is 9.22. The molecule has 1 unspecified atom stereocenters. The van der Waals surface area contributed by atoms with Crippen LogP contribution in [-0.4, -0.2) is 22.7 Å². The summed E-state index contributed by atoms with van der Waals surface area (Å²) in [4.78, 5) is 0. The van der Waals surface area contributed by atoms with Gasteiger partial charge in [0.1, 0.15) is 5.75 Å². The fraction of sp³-hybridized carbons (Fsp3) is 0.625. The standard InChI is InChI=1S/C16H23NOS/c1-19-16(8-2-3-9-16)11-17-15-7-4-12-10-13(18)5-6-14(12)15/h5-6,10,15,17-18H,2-4,7-9,11H2,1H3. The second-order valence-electron chi connectivity index (χ2n) is 5.95. The van der Waals surface area contributed by atoms with Gasteiger partial charge < -0.3 is 10.4 Å². The van der Waals surface area contributed by atoms with Crippen LogP contribution in [0.1, 0.15) is 49.3 Å². The van der Waals surface area contributed by atoms with Gasteiger partial charge in [0.15, 0.2) is 0 Å². The molecule has 3 heteroatoms. The fourth-order valence-electron chi connectivity index (χ4n) is 3.60. The summed E-state index contributed by atoms with van der Waals surface area (Å²) in [6.45, 7) is 1.12. The molecule has 2 aliphatic rings. The van der Waals surface area contributed by atoms with Crippen molar-refractivity contribution in [1.82, 2.24) is 5.32 Å². The summed E-state index contributed by atoms with van der Waals surface area (Å²) in [5, 5.41) is 13.3. The zero-order valence-corrected chi connectivity index (χ0v) is 12.4. The molecule has 0 saturated heterocycles. The molecular weight excluding hydrogens is 254 g/mol. The molecule has 1 fully saturated rings. The highest BCUT2D eigenvalue weighted by Crippen LogP contribution is 2.41. The predicted octanol–water partition coefficient (Wildman–Crippen LogP) is 3.64. The maximum absolute atomic E-state index is 9.54. The lowest BCUT2D eigenvalue weighted by atomic mass is 10.0. The van der Waals surface area contributed by atoms with Gasteiger partial charge in [-0.25, -0.2) is 0 Å². The Kier molecular flexibility index (Phi) is 3.77. The van der Waals surface area contributed by atoms with Gasteiger partial charge in [0.2, 0.25) is 0 Å². The van der Waals surface area contributed by atoms with Crippen molar-refractivity contribution in [3.05, 3.63) is 29.3 Å². The topological polar surface area (TPSA) is 32.3 Å². The first-order valence-electron chi connectivity index (χ1n) is 7.33. The molecule has 0 amide bonds. The van der Waals surface area contributed by atoms with Crippen molar-refractivity contribution in [2.24, 2.45) is 0 Å². The van der Waals surface area contributed by atoms with Crippen LogP contribution < -0.4 is 5.32 Å². The van der Waals surface area contributed by atoms with Crippen molar-refractivity contribution in [3.8, 4) is 5.75 Å². The van der Waals surface area contributed by atoms with Crippen molar-refractivity contribution in [2.45, 2.75) is 49.3 Å². The Labute approximate surface area is 120 Å². The second-order valence-corrected chi connectivity index (χ2v) is 7.22. The van der Waals surface area contributed by atoms with Crippen molar-refractivity contribution < 1.29 is 5.11 Å². The second kappa shape index (κ2) is 5.37. The molecule has 104 valence electrons. The monoisotopic (exact) mass is 277 g/mol. The highest BCUT2D eigenvalue weighted by atomic mass is 32.2. The molecule has 0 spiro atoms. The van der Waals surface area contributed by atoms with Crippen LogP contribution in [0.4, 0.5) is 0 Å². The number of hydrogen-bond acceptors (Lipinski definition) is 3. The minimum Gasteiger partial charge on any atom is -0.508 e. The van der Waals surface area contributed by atoms with Crippen LogP contribution in [0.15, 0.2) is 18.2 Å². The number of rotatable bonds is 4. The van der Waals surface area contributed by atoms with E-state index in [2.05, 4.69) is 17.6 Å². The Hall–Kier alpha value is -0.670. The average molecular weight is 277 g/mol. The Morgan fingerprint density at radius 3 is 2.89 bits per heavy atom. The molecule has 0 aliphatic heterocycles. The molecule has 2 N–H and O–H groups in total. The number of benzene rings is 1. The Balaban J connectivity index is 1.66. The molecule has 2 nitrogen and oxygen atoms in total. The van der Waals surface area contributed by atoms with Gasteiger partial charge in [-0.3, -0.25) is 0 Å². The minimum atomic E-state index is 0.399. The molecule has 1 atom stereocenters. The normalized spacial score (nSPS) is 24.6. The van der Waals surface area contributed by atoms with Gasteiger partial charge in [-0.15, -0.1) is 0 Å². The summed E-state index contributed by atoms with van der Waals surface area (Å²) in [7, 11) is 0. The molecule has 3 rings (SSSR count). The minimum absolute atomic E-state index is 0.399. The summed E-state index contributed by atoms with van der Waals surface area (Å²) in [5.41, 5.74) is 2.72. The summed E-state index contributed by atoms with van der Waals surface area (Å²) in [6.07, 6.45) is 10.0. The summed E-state index contributed by atoms with van der Waals surface area (Å²) in [5.74, 6) is 0.399. The van der Waals surface area contributed by atoms with Crippen molar-refractivity contribution >= 4 is 11.8 Å². The van der Waals surface area contributed by atoms with E-state index in [-0.39, 0.29) is 0 Å². The lowest BCUT2D eigenvalue weighted by Crippen LogP contribution is -2.36. The van der Waals surface area contributed by atoms with Crippen LogP contribution in [0.3, 0.4) is 0 Å². The fourth-order valence-corrected chi connectivity index (χ4v) is 4.52. The van der Waals surface area contributed by atoms with E-state index in [4.69, 9.17) is 0 Å². The summed E-state index contributed by atoms with van der Waals surface area (Å²) in [6, 6.07) is 6.33. The number of thioether (sulfide) groups is 1. The van der Waals surface area contributed by atoms with Crippen LogP contribution in [0.25, 0.3) is 0 Å². The zero-order valence-electron chi connectivity index (χ0n) is 11.6. The number of hydrogen-bond donors (Lipinski definition) is 2. The number of nitrogens with one attached hydrogen (secondary N) is 1. The van der Waals surface area contributed by atoms with Crippen molar-refractivity contribution in [2.75, 3.05) is 12.8 Å². The SMILES string of the molecule is CSC1(CNC2CCc3cc(O)ccc32)CCCC1. The zero-order chi connectivity index (χ0) is 13.3. The lowest BCUT2D eigenvalue weighted by molar-refractivity contribution is 0.464. The van der Waals surface area contributed by atoms with E-state index in [1.54, 1.807) is 0 Å². The molecule has 0 aromatic heterocycles. The lowest BCUT2D eigenvalue weighted by Gasteiger charge is -2.29. The molecule has 19 heavy (non-hydrogen) atoms. The number of aryl methyl sites for hydroxylation is 1. The third kappa shape index (κ3) is 2.63. The number of phenolic OH excluding ortho intramolecular Hbond substituents is 1. The third-order valence-electron chi connectivity index (χ3n) is 4.82. The first kappa shape index (κ1) is 13.3. The molecule has 1 saturated carbocycles. The van der Waals surface area contributed by atoms with Gasteiger partial charge in [0.25, 0.3) is 0 Å².